The molecule has 1 amide bonds. The van der Waals surface area contributed by atoms with E-state index in [1.165, 1.54) is 0 Å². The minimum atomic E-state index is -0.127. The molecule has 0 aliphatic carbocycles. The van der Waals surface area contributed by atoms with Gasteiger partial charge in [-0.3, -0.25) is 4.79 Å². The SMILES string of the molecule is Cc1cc(Cl)ccc1C(=O)NCc1ccccc1N. The third-order valence-corrected chi connectivity index (χ3v) is 3.16. The van der Waals surface area contributed by atoms with Gasteiger partial charge < -0.3 is 11.1 Å². The predicted octanol–water partition coefficient (Wildman–Crippen LogP) is 3.16. The number of benzene rings is 2. The zero-order chi connectivity index (χ0) is 13.8. The highest BCUT2D eigenvalue weighted by atomic mass is 35.5. The first kappa shape index (κ1) is 13.4. The molecule has 0 atom stereocenters. The number of rotatable bonds is 3. The number of aryl methyl sites for hydroxylation is 1. The van der Waals surface area contributed by atoms with Crippen molar-refractivity contribution in [1.82, 2.24) is 5.32 Å². The number of amides is 1. The monoisotopic (exact) mass is 274 g/mol. The quantitative estimate of drug-likeness (QED) is 0.845. The number of para-hydroxylation sites is 1. The van der Waals surface area contributed by atoms with E-state index in [2.05, 4.69) is 5.32 Å². The van der Waals surface area contributed by atoms with Crippen LogP contribution >= 0.6 is 11.6 Å². The number of anilines is 1. The largest absolute Gasteiger partial charge is 0.398 e. The van der Waals surface area contributed by atoms with Gasteiger partial charge in [-0.15, -0.1) is 0 Å². The second-order valence-electron chi connectivity index (χ2n) is 4.34. The minimum absolute atomic E-state index is 0.127. The predicted molar refractivity (Wildman–Crippen MR) is 78.2 cm³/mol. The number of halogens is 1. The summed E-state index contributed by atoms with van der Waals surface area (Å²) in [6, 6.07) is 12.7. The molecule has 0 fully saturated rings. The van der Waals surface area contributed by atoms with Crippen molar-refractivity contribution in [1.29, 1.82) is 0 Å². The van der Waals surface area contributed by atoms with E-state index in [-0.39, 0.29) is 5.91 Å². The maximum atomic E-state index is 12.1. The van der Waals surface area contributed by atoms with Gasteiger partial charge in [0.25, 0.3) is 5.91 Å². The number of nitrogens with one attached hydrogen (secondary N) is 1. The summed E-state index contributed by atoms with van der Waals surface area (Å²) in [5.74, 6) is -0.127. The molecular weight excluding hydrogens is 260 g/mol. The first-order valence-electron chi connectivity index (χ1n) is 5.95. The molecule has 0 aromatic heterocycles. The molecule has 0 bridgehead atoms. The van der Waals surface area contributed by atoms with E-state index in [4.69, 9.17) is 17.3 Å². The Morgan fingerprint density at radius 2 is 2.00 bits per heavy atom. The van der Waals surface area contributed by atoms with Crippen LogP contribution in [0.2, 0.25) is 5.02 Å². The Morgan fingerprint density at radius 3 is 2.68 bits per heavy atom. The zero-order valence-corrected chi connectivity index (χ0v) is 11.4. The van der Waals surface area contributed by atoms with Gasteiger partial charge in [0.05, 0.1) is 0 Å². The average molecular weight is 275 g/mol. The van der Waals surface area contributed by atoms with Crippen LogP contribution < -0.4 is 11.1 Å². The van der Waals surface area contributed by atoms with Crippen molar-refractivity contribution in [3.8, 4) is 0 Å². The molecule has 4 heteroatoms. The second-order valence-corrected chi connectivity index (χ2v) is 4.78. The lowest BCUT2D eigenvalue weighted by Crippen LogP contribution is -2.24. The summed E-state index contributed by atoms with van der Waals surface area (Å²) in [6.07, 6.45) is 0. The lowest BCUT2D eigenvalue weighted by molar-refractivity contribution is 0.0950. The lowest BCUT2D eigenvalue weighted by atomic mass is 10.1. The summed E-state index contributed by atoms with van der Waals surface area (Å²) < 4.78 is 0. The molecule has 0 aliphatic rings. The van der Waals surface area contributed by atoms with Crippen LogP contribution in [-0.2, 0) is 6.54 Å². The molecule has 0 radical (unpaired) electrons. The summed E-state index contributed by atoms with van der Waals surface area (Å²) in [4.78, 5) is 12.1. The molecular formula is C15H15ClN2O. The van der Waals surface area contributed by atoms with E-state index in [9.17, 15) is 4.79 Å². The van der Waals surface area contributed by atoms with Crippen LogP contribution in [0.1, 0.15) is 21.5 Å². The van der Waals surface area contributed by atoms with Gasteiger partial charge in [0, 0.05) is 22.8 Å². The fraction of sp³-hybridized carbons (Fsp3) is 0.133. The molecule has 0 spiro atoms. The second kappa shape index (κ2) is 5.76. The minimum Gasteiger partial charge on any atom is -0.398 e. The molecule has 3 nitrogen and oxygen atoms in total. The van der Waals surface area contributed by atoms with E-state index in [1.54, 1.807) is 18.2 Å². The first-order valence-corrected chi connectivity index (χ1v) is 6.33. The molecule has 19 heavy (non-hydrogen) atoms. The van der Waals surface area contributed by atoms with Gasteiger partial charge in [0.15, 0.2) is 0 Å². The highest BCUT2D eigenvalue weighted by molar-refractivity contribution is 6.30. The van der Waals surface area contributed by atoms with Crippen molar-refractivity contribution >= 4 is 23.2 Å². The van der Waals surface area contributed by atoms with Gasteiger partial charge in [0.2, 0.25) is 0 Å². The molecule has 0 saturated heterocycles. The summed E-state index contributed by atoms with van der Waals surface area (Å²) in [6.45, 7) is 2.27. The van der Waals surface area contributed by atoms with E-state index in [0.717, 1.165) is 11.1 Å². The summed E-state index contributed by atoms with van der Waals surface area (Å²) in [5, 5.41) is 3.48. The normalized spacial score (nSPS) is 10.2. The van der Waals surface area contributed by atoms with Crippen molar-refractivity contribution in [3.63, 3.8) is 0 Å². The van der Waals surface area contributed by atoms with Crippen molar-refractivity contribution in [2.75, 3.05) is 5.73 Å². The maximum absolute atomic E-state index is 12.1. The van der Waals surface area contributed by atoms with Crippen LogP contribution in [-0.4, -0.2) is 5.91 Å². The Balaban J connectivity index is 2.08. The summed E-state index contributed by atoms with van der Waals surface area (Å²) >= 11 is 5.87. The summed E-state index contributed by atoms with van der Waals surface area (Å²) in [5.41, 5.74) is 8.88. The fourth-order valence-electron chi connectivity index (χ4n) is 1.85. The smallest absolute Gasteiger partial charge is 0.251 e. The maximum Gasteiger partial charge on any atom is 0.251 e. The van der Waals surface area contributed by atoms with Crippen LogP contribution in [0, 0.1) is 6.92 Å². The van der Waals surface area contributed by atoms with Crippen molar-refractivity contribution < 1.29 is 4.79 Å². The Kier molecular flexibility index (Phi) is 4.07. The van der Waals surface area contributed by atoms with E-state index in [0.29, 0.717) is 22.8 Å². The van der Waals surface area contributed by atoms with Gasteiger partial charge >= 0.3 is 0 Å². The molecule has 0 unspecified atom stereocenters. The topological polar surface area (TPSA) is 55.1 Å². The van der Waals surface area contributed by atoms with Gasteiger partial charge in [-0.25, -0.2) is 0 Å². The molecule has 2 rings (SSSR count). The van der Waals surface area contributed by atoms with E-state index < -0.39 is 0 Å². The number of nitrogens with two attached hydrogens (primary N) is 1. The summed E-state index contributed by atoms with van der Waals surface area (Å²) in [7, 11) is 0. The average Bonchev–Trinajstić information content (AvgIpc) is 2.37. The lowest BCUT2D eigenvalue weighted by Gasteiger charge is -2.09. The standard InChI is InChI=1S/C15H15ClN2O/c1-10-8-12(16)6-7-13(10)15(19)18-9-11-4-2-3-5-14(11)17/h2-8H,9,17H2,1H3,(H,18,19). The van der Waals surface area contributed by atoms with Crippen molar-refractivity contribution in [2.45, 2.75) is 13.5 Å². The Labute approximate surface area is 117 Å². The third kappa shape index (κ3) is 3.26. The molecule has 0 saturated carbocycles. The number of hydrogen-bond acceptors (Lipinski definition) is 2. The van der Waals surface area contributed by atoms with Gasteiger partial charge in [-0.05, 0) is 42.3 Å². The van der Waals surface area contributed by atoms with E-state index >= 15 is 0 Å². The van der Waals surface area contributed by atoms with Crippen LogP contribution in [0.4, 0.5) is 5.69 Å². The number of nitrogen functional groups attached to an aromatic ring is 1. The Hall–Kier alpha value is -2.00. The Morgan fingerprint density at radius 1 is 1.26 bits per heavy atom. The molecule has 0 aliphatic heterocycles. The molecule has 3 N–H and O–H groups in total. The molecule has 98 valence electrons. The highest BCUT2D eigenvalue weighted by Gasteiger charge is 2.09. The number of carbonyl (C=O) groups is 1. The van der Waals surface area contributed by atoms with Crippen molar-refractivity contribution in [3.05, 3.63) is 64.2 Å². The number of hydrogen-bond donors (Lipinski definition) is 2. The van der Waals surface area contributed by atoms with Gasteiger partial charge in [-0.2, -0.15) is 0 Å². The molecule has 2 aromatic carbocycles. The van der Waals surface area contributed by atoms with Crippen LogP contribution in [0.15, 0.2) is 42.5 Å². The van der Waals surface area contributed by atoms with Gasteiger partial charge in [-0.1, -0.05) is 29.8 Å². The van der Waals surface area contributed by atoms with Crippen molar-refractivity contribution in [2.24, 2.45) is 0 Å². The fourth-order valence-corrected chi connectivity index (χ4v) is 2.07. The molecule has 0 heterocycles. The van der Waals surface area contributed by atoms with Gasteiger partial charge in [0.1, 0.15) is 0 Å². The third-order valence-electron chi connectivity index (χ3n) is 2.93. The molecule has 2 aromatic rings. The van der Waals surface area contributed by atoms with E-state index in [1.807, 2.05) is 31.2 Å². The highest BCUT2D eigenvalue weighted by Crippen LogP contribution is 2.15. The zero-order valence-electron chi connectivity index (χ0n) is 10.6. The van der Waals surface area contributed by atoms with Crippen LogP contribution in [0.25, 0.3) is 0 Å². The first-order chi connectivity index (χ1) is 9.08. The number of carbonyl (C=O) groups excluding carboxylic acids is 1. The van der Waals surface area contributed by atoms with Crippen LogP contribution in [0.5, 0.6) is 0 Å². The van der Waals surface area contributed by atoms with Crippen LogP contribution in [0.3, 0.4) is 0 Å². The Bertz CT molecular complexity index is 611.